The van der Waals surface area contributed by atoms with Gasteiger partial charge in [-0.3, -0.25) is 0 Å². The second kappa shape index (κ2) is 6.44. The summed E-state index contributed by atoms with van der Waals surface area (Å²) in [5.41, 5.74) is 0. The van der Waals surface area contributed by atoms with Crippen LogP contribution in [-0.4, -0.2) is 45.8 Å². The van der Waals surface area contributed by atoms with Gasteiger partial charge in [0.05, 0.1) is 12.1 Å². The van der Waals surface area contributed by atoms with E-state index < -0.39 is 24.1 Å². The largest absolute Gasteiger partial charge is 0.480 e. The molecule has 0 radical (unpaired) electrons. The normalized spacial score (nSPS) is 23.3. The van der Waals surface area contributed by atoms with Gasteiger partial charge in [-0.1, -0.05) is 19.9 Å². The first-order valence-electron chi connectivity index (χ1n) is 6.91. The number of nitrogens with zero attached hydrogens (tertiary/aromatic N) is 1. The molecule has 3 atom stereocenters. The molecule has 0 aliphatic carbocycles. The number of urea groups is 1. The topological polar surface area (TPSA) is 89.9 Å². The zero-order valence-corrected chi connectivity index (χ0v) is 12.8. The number of aliphatic carboxylic acids is 1. The van der Waals surface area contributed by atoms with Gasteiger partial charge in [-0.15, -0.1) is 11.3 Å². The van der Waals surface area contributed by atoms with Crippen molar-refractivity contribution in [1.82, 2.24) is 10.2 Å². The fraction of sp³-hybridized carbons (Fsp3) is 0.571. The fourth-order valence-electron chi connectivity index (χ4n) is 2.52. The molecule has 1 aromatic rings. The highest BCUT2D eigenvalue weighted by Crippen LogP contribution is 2.27. The number of nitrogens with one attached hydrogen (secondary N) is 1. The number of rotatable bonds is 4. The number of carbonyl (C=O) groups excluding carboxylic acids is 1. The van der Waals surface area contributed by atoms with Crippen LogP contribution >= 0.6 is 11.3 Å². The number of aliphatic hydroxyl groups excluding tert-OH is 1. The molecule has 21 heavy (non-hydrogen) atoms. The third kappa shape index (κ3) is 3.54. The van der Waals surface area contributed by atoms with E-state index in [-0.39, 0.29) is 24.9 Å². The summed E-state index contributed by atoms with van der Waals surface area (Å²) in [6.07, 6.45) is -0.704. The molecule has 0 spiro atoms. The first kappa shape index (κ1) is 15.8. The predicted molar refractivity (Wildman–Crippen MR) is 79.2 cm³/mol. The maximum absolute atomic E-state index is 12.4. The molecule has 2 amide bonds. The van der Waals surface area contributed by atoms with Crippen molar-refractivity contribution in [2.45, 2.75) is 38.5 Å². The lowest BCUT2D eigenvalue weighted by Crippen LogP contribution is -2.47. The van der Waals surface area contributed by atoms with E-state index in [0.717, 1.165) is 4.88 Å². The van der Waals surface area contributed by atoms with Gasteiger partial charge < -0.3 is 20.4 Å². The van der Waals surface area contributed by atoms with E-state index in [0.29, 0.717) is 0 Å². The third-order valence-corrected chi connectivity index (χ3v) is 4.58. The molecule has 0 aromatic carbocycles. The van der Waals surface area contributed by atoms with E-state index in [9.17, 15) is 14.7 Å². The van der Waals surface area contributed by atoms with Crippen LogP contribution in [0.2, 0.25) is 0 Å². The first-order valence-corrected chi connectivity index (χ1v) is 7.79. The second-order valence-electron chi connectivity index (χ2n) is 5.58. The minimum atomic E-state index is -1.08. The summed E-state index contributed by atoms with van der Waals surface area (Å²) in [4.78, 5) is 25.8. The molecule has 7 heteroatoms. The monoisotopic (exact) mass is 312 g/mol. The Balaban J connectivity index is 2.10. The molecule has 1 aromatic heterocycles. The quantitative estimate of drug-likeness (QED) is 0.789. The highest BCUT2D eigenvalue weighted by molar-refractivity contribution is 7.10. The summed E-state index contributed by atoms with van der Waals surface area (Å²) in [5.74, 6) is -0.901. The minimum absolute atomic E-state index is 0.0536. The Bertz CT molecular complexity index is 503. The van der Waals surface area contributed by atoms with Crippen molar-refractivity contribution < 1.29 is 19.8 Å². The van der Waals surface area contributed by atoms with Crippen molar-refractivity contribution in [3.63, 3.8) is 0 Å². The summed E-state index contributed by atoms with van der Waals surface area (Å²) in [5, 5.41) is 23.6. The molecule has 2 unspecified atom stereocenters. The number of carbonyl (C=O) groups is 2. The van der Waals surface area contributed by atoms with E-state index in [4.69, 9.17) is 5.11 Å². The first-order chi connectivity index (χ1) is 9.90. The molecule has 6 nitrogen and oxygen atoms in total. The average Bonchev–Trinajstić information content (AvgIpc) is 3.04. The van der Waals surface area contributed by atoms with Crippen LogP contribution in [0.3, 0.4) is 0 Å². The minimum Gasteiger partial charge on any atom is -0.480 e. The van der Waals surface area contributed by atoms with Crippen LogP contribution in [0.15, 0.2) is 17.5 Å². The van der Waals surface area contributed by atoms with Crippen LogP contribution in [0, 0.1) is 5.92 Å². The predicted octanol–water partition coefficient (Wildman–Crippen LogP) is 1.67. The molecule has 0 saturated carbocycles. The van der Waals surface area contributed by atoms with Crippen LogP contribution in [0.25, 0.3) is 0 Å². The van der Waals surface area contributed by atoms with E-state index >= 15 is 0 Å². The van der Waals surface area contributed by atoms with E-state index in [1.807, 2.05) is 31.4 Å². The van der Waals surface area contributed by atoms with Crippen LogP contribution in [0.4, 0.5) is 4.79 Å². The smallest absolute Gasteiger partial charge is 0.326 e. The van der Waals surface area contributed by atoms with Crippen molar-refractivity contribution in [3.05, 3.63) is 22.4 Å². The van der Waals surface area contributed by atoms with Crippen molar-refractivity contribution >= 4 is 23.3 Å². The summed E-state index contributed by atoms with van der Waals surface area (Å²) >= 11 is 1.55. The Labute approximate surface area is 127 Å². The number of carboxylic acid groups (broad SMARTS) is 1. The Morgan fingerprint density at radius 2 is 2.19 bits per heavy atom. The molecule has 116 valence electrons. The fourth-order valence-corrected chi connectivity index (χ4v) is 3.47. The molecule has 2 heterocycles. The number of likely N-dealkylation sites (tertiary alicyclic amines) is 1. The Kier molecular flexibility index (Phi) is 4.84. The van der Waals surface area contributed by atoms with Crippen molar-refractivity contribution in [3.8, 4) is 0 Å². The van der Waals surface area contributed by atoms with Crippen molar-refractivity contribution in [1.29, 1.82) is 0 Å². The number of amides is 2. The van der Waals surface area contributed by atoms with Gasteiger partial charge in [0.2, 0.25) is 0 Å². The number of thiophene rings is 1. The van der Waals surface area contributed by atoms with Gasteiger partial charge in [-0.25, -0.2) is 9.59 Å². The summed E-state index contributed by atoms with van der Waals surface area (Å²) in [7, 11) is 0. The van der Waals surface area contributed by atoms with Gasteiger partial charge in [0.1, 0.15) is 6.04 Å². The number of hydrogen-bond donors (Lipinski definition) is 3. The number of carboxylic acids is 1. The van der Waals surface area contributed by atoms with Crippen molar-refractivity contribution in [2.24, 2.45) is 5.92 Å². The lowest BCUT2D eigenvalue weighted by Gasteiger charge is -2.27. The molecule has 1 saturated heterocycles. The lowest BCUT2D eigenvalue weighted by atomic mass is 10.0. The SMILES string of the molecule is CC(C)C(NC(=O)N1CC(O)C[C@H]1C(=O)O)c1cccs1. The number of β-amino-alcohol motifs (C(OH)–C–C–N with tert-alkyl or cyclic N) is 1. The Morgan fingerprint density at radius 1 is 1.48 bits per heavy atom. The van der Waals surface area contributed by atoms with Crippen LogP contribution in [0.1, 0.15) is 31.2 Å². The summed E-state index contributed by atoms with van der Waals surface area (Å²) < 4.78 is 0. The van der Waals surface area contributed by atoms with Crippen molar-refractivity contribution in [2.75, 3.05) is 6.54 Å². The molecule has 2 rings (SSSR count). The zero-order valence-electron chi connectivity index (χ0n) is 12.0. The summed E-state index contributed by atoms with van der Waals surface area (Å²) in [6, 6.07) is 2.30. The maximum Gasteiger partial charge on any atom is 0.326 e. The number of hydrogen-bond acceptors (Lipinski definition) is 4. The zero-order chi connectivity index (χ0) is 15.6. The molecule has 3 N–H and O–H groups in total. The van der Waals surface area contributed by atoms with E-state index in [2.05, 4.69) is 5.32 Å². The summed E-state index contributed by atoms with van der Waals surface area (Å²) in [6.45, 7) is 4.05. The van der Waals surface area contributed by atoms with Crippen LogP contribution in [0.5, 0.6) is 0 Å². The van der Waals surface area contributed by atoms with Gasteiger partial charge in [0, 0.05) is 17.8 Å². The molecular weight excluding hydrogens is 292 g/mol. The second-order valence-corrected chi connectivity index (χ2v) is 6.56. The highest BCUT2D eigenvalue weighted by atomic mass is 32.1. The van der Waals surface area contributed by atoms with E-state index in [1.165, 1.54) is 4.90 Å². The lowest BCUT2D eigenvalue weighted by molar-refractivity contribution is -0.141. The maximum atomic E-state index is 12.4. The van der Waals surface area contributed by atoms with Gasteiger partial charge in [-0.05, 0) is 17.4 Å². The molecule has 1 fully saturated rings. The van der Waals surface area contributed by atoms with Gasteiger partial charge >= 0.3 is 12.0 Å². The van der Waals surface area contributed by atoms with Gasteiger partial charge in [0.25, 0.3) is 0 Å². The molecular formula is C14H20N2O4S. The molecule has 1 aliphatic heterocycles. The average molecular weight is 312 g/mol. The number of aliphatic hydroxyl groups is 1. The Morgan fingerprint density at radius 3 is 2.71 bits per heavy atom. The van der Waals surface area contributed by atoms with Crippen LogP contribution in [-0.2, 0) is 4.79 Å². The highest BCUT2D eigenvalue weighted by Gasteiger charge is 2.39. The molecule has 0 bridgehead atoms. The van der Waals surface area contributed by atoms with Gasteiger partial charge in [-0.2, -0.15) is 0 Å². The Hall–Kier alpha value is -1.60. The third-order valence-electron chi connectivity index (χ3n) is 3.62. The van der Waals surface area contributed by atoms with Gasteiger partial charge in [0.15, 0.2) is 0 Å². The van der Waals surface area contributed by atoms with E-state index in [1.54, 1.807) is 11.3 Å². The van der Waals surface area contributed by atoms with Crippen LogP contribution < -0.4 is 5.32 Å². The standard InChI is InChI=1S/C14H20N2O4S/c1-8(2)12(11-4-3-5-21-11)15-14(20)16-7-9(17)6-10(16)13(18)19/h3-5,8-10,12,17H,6-7H2,1-2H3,(H,15,20)(H,18,19)/t9?,10-,12?/m0/s1. The molecule has 1 aliphatic rings.